The van der Waals surface area contributed by atoms with Gasteiger partial charge in [-0.05, 0) is 41.5 Å². The van der Waals surface area contributed by atoms with Crippen molar-refractivity contribution in [2.45, 2.75) is 6.54 Å². The van der Waals surface area contributed by atoms with E-state index in [0.717, 1.165) is 37.4 Å². The SMILES string of the molecule is CN(Cc1ccc(N2CCOCC2)cc1)C(=O)/C=C/c1cccc(Cl)c1. The molecule has 0 unspecified atom stereocenters. The van der Waals surface area contributed by atoms with Gasteiger partial charge in [-0.2, -0.15) is 0 Å². The second-order valence-corrected chi connectivity index (χ2v) is 6.78. The van der Waals surface area contributed by atoms with Gasteiger partial charge in [0.2, 0.25) is 5.91 Å². The van der Waals surface area contributed by atoms with Crippen LogP contribution in [0.5, 0.6) is 0 Å². The molecule has 0 bridgehead atoms. The summed E-state index contributed by atoms with van der Waals surface area (Å²) in [5, 5.41) is 0.660. The number of ether oxygens (including phenoxy) is 1. The summed E-state index contributed by atoms with van der Waals surface area (Å²) in [5.74, 6) is -0.0396. The minimum absolute atomic E-state index is 0.0396. The van der Waals surface area contributed by atoms with E-state index in [1.54, 1.807) is 24.1 Å². The van der Waals surface area contributed by atoms with Crippen molar-refractivity contribution < 1.29 is 9.53 Å². The topological polar surface area (TPSA) is 32.8 Å². The molecule has 5 heteroatoms. The van der Waals surface area contributed by atoms with Crippen LogP contribution in [0.15, 0.2) is 54.6 Å². The Labute approximate surface area is 159 Å². The number of halogens is 1. The molecule has 4 nitrogen and oxygen atoms in total. The Balaban J connectivity index is 1.56. The van der Waals surface area contributed by atoms with E-state index < -0.39 is 0 Å². The van der Waals surface area contributed by atoms with Crippen molar-refractivity contribution >= 4 is 29.3 Å². The lowest BCUT2D eigenvalue weighted by atomic mass is 10.1. The summed E-state index contributed by atoms with van der Waals surface area (Å²) in [6.07, 6.45) is 3.36. The fourth-order valence-electron chi connectivity index (χ4n) is 2.89. The number of amides is 1. The molecule has 1 fully saturated rings. The van der Waals surface area contributed by atoms with Gasteiger partial charge in [-0.3, -0.25) is 4.79 Å². The Hall–Kier alpha value is -2.30. The first-order valence-electron chi connectivity index (χ1n) is 8.72. The summed E-state index contributed by atoms with van der Waals surface area (Å²) < 4.78 is 5.39. The van der Waals surface area contributed by atoms with E-state index in [9.17, 15) is 4.79 Å². The molecule has 0 atom stereocenters. The molecule has 0 aliphatic carbocycles. The first-order chi connectivity index (χ1) is 12.6. The van der Waals surface area contributed by atoms with Crippen molar-refractivity contribution in [1.29, 1.82) is 0 Å². The highest BCUT2D eigenvalue weighted by molar-refractivity contribution is 6.30. The van der Waals surface area contributed by atoms with E-state index in [1.807, 2.05) is 24.3 Å². The highest BCUT2D eigenvalue weighted by Crippen LogP contribution is 2.17. The van der Waals surface area contributed by atoms with Crippen LogP contribution in [0.2, 0.25) is 5.02 Å². The second-order valence-electron chi connectivity index (χ2n) is 6.35. The molecule has 1 aliphatic heterocycles. The van der Waals surface area contributed by atoms with Crippen LogP contribution in [0.4, 0.5) is 5.69 Å². The Morgan fingerprint density at radius 2 is 1.92 bits per heavy atom. The van der Waals surface area contributed by atoms with Gasteiger partial charge >= 0.3 is 0 Å². The molecule has 136 valence electrons. The van der Waals surface area contributed by atoms with Gasteiger partial charge in [0.1, 0.15) is 0 Å². The zero-order valence-electron chi connectivity index (χ0n) is 14.9. The smallest absolute Gasteiger partial charge is 0.246 e. The summed E-state index contributed by atoms with van der Waals surface area (Å²) in [6, 6.07) is 15.8. The maximum Gasteiger partial charge on any atom is 0.246 e. The summed E-state index contributed by atoms with van der Waals surface area (Å²) in [6.45, 7) is 3.97. The van der Waals surface area contributed by atoms with Gasteiger partial charge in [-0.25, -0.2) is 0 Å². The highest BCUT2D eigenvalue weighted by atomic mass is 35.5. The van der Waals surface area contributed by atoms with Crippen LogP contribution in [0.25, 0.3) is 6.08 Å². The normalized spacial score (nSPS) is 14.6. The predicted octanol–water partition coefficient (Wildman–Crippen LogP) is 3.85. The molecule has 1 amide bonds. The molecule has 1 saturated heterocycles. The van der Waals surface area contributed by atoms with Crippen molar-refractivity contribution in [3.63, 3.8) is 0 Å². The van der Waals surface area contributed by atoms with E-state index in [1.165, 1.54) is 5.69 Å². The van der Waals surface area contributed by atoms with Gasteiger partial charge in [0.25, 0.3) is 0 Å². The number of likely N-dealkylation sites (N-methyl/N-ethyl adjacent to an activating group) is 1. The highest BCUT2D eigenvalue weighted by Gasteiger charge is 2.11. The monoisotopic (exact) mass is 370 g/mol. The van der Waals surface area contributed by atoms with Crippen LogP contribution in [0.1, 0.15) is 11.1 Å². The number of carbonyl (C=O) groups is 1. The van der Waals surface area contributed by atoms with E-state index in [4.69, 9.17) is 16.3 Å². The summed E-state index contributed by atoms with van der Waals surface area (Å²) >= 11 is 5.96. The van der Waals surface area contributed by atoms with E-state index >= 15 is 0 Å². The lowest BCUT2D eigenvalue weighted by Gasteiger charge is -2.29. The number of nitrogens with zero attached hydrogens (tertiary/aromatic N) is 2. The third kappa shape index (κ3) is 5.10. The minimum atomic E-state index is -0.0396. The third-order valence-electron chi connectivity index (χ3n) is 4.38. The van der Waals surface area contributed by atoms with Crippen LogP contribution in [0, 0.1) is 0 Å². The second kappa shape index (κ2) is 8.88. The molecule has 2 aromatic carbocycles. The maximum atomic E-state index is 12.3. The van der Waals surface area contributed by atoms with Gasteiger partial charge in [0, 0.05) is 43.5 Å². The molecule has 0 aromatic heterocycles. The molecule has 2 aromatic rings. The fourth-order valence-corrected chi connectivity index (χ4v) is 3.09. The first-order valence-corrected chi connectivity index (χ1v) is 9.10. The number of benzene rings is 2. The van der Waals surface area contributed by atoms with E-state index in [-0.39, 0.29) is 5.91 Å². The summed E-state index contributed by atoms with van der Waals surface area (Å²) in [7, 11) is 1.81. The van der Waals surface area contributed by atoms with Crippen molar-refractivity contribution in [2.24, 2.45) is 0 Å². The largest absolute Gasteiger partial charge is 0.378 e. The Bertz CT molecular complexity index is 768. The number of carbonyl (C=O) groups excluding carboxylic acids is 1. The minimum Gasteiger partial charge on any atom is -0.378 e. The molecule has 26 heavy (non-hydrogen) atoms. The molecule has 1 aliphatic rings. The average molecular weight is 371 g/mol. The maximum absolute atomic E-state index is 12.3. The quantitative estimate of drug-likeness (QED) is 0.749. The number of hydrogen-bond acceptors (Lipinski definition) is 3. The predicted molar refractivity (Wildman–Crippen MR) is 106 cm³/mol. The lowest BCUT2D eigenvalue weighted by Crippen LogP contribution is -2.36. The van der Waals surface area contributed by atoms with Gasteiger partial charge in [-0.1, -0.05) is 35.9 Å². The molecule has 3 rings (SSSR count). The van der Waals surface area contributed by atoms with Crippen LogP contribution >= 0.6 is 11.6 Å². The Morgan fingerprint density at radius 1 is 1.19 bits per heavy atom. The van der Waals surface area contributed by atoms with Crippen LogP contribution in [0.3, 0.4) is 0 Å². The summed E-state index contributed by atoms with van der Waals surface area (Å²) in [4.78, 5) is 16.3. The molecular weight excluding hydrogens is 348 g/mol. The standard InChI is InChI=1S/C21H23ClN2O2/c1-23(21(25)10-7-17-3-2-4-19(22)15-17)16-18-5-8-20(9-6-18)24-11-13-26-14-12-24/h2-10,15H,11-14,16H2,1H3/b10-7+. The number of rotatable bonds is 5. The molecular formula is C21H23ClN2O2. The van der Waals surface area contributed by atoms with E-state index in [2.05, 4.69) is 29.2 Å². The Kier molecular flexibility index (Phi) is 6.31. The van der Waals surface area contributed by atoms with Gasteiger partial charge < -0.3 is 14.5 Å². The number of hydrogen-bond donors (Lipinski definition) is 0. The molecule has 0 radical (unpaired) electrons. The van der Waals surface area contributed by atoms with Gasteiger partial charge in [-0.15, -0.1) is 0 Å². The molecule has 1 heterocycles. The van der Waals surface area contributed by atoms with Gasteiger partial charge in [0.15, 0.2) is 0 Å². The lowest BCUT2D eigenvalue weighted by molar-refractivity contribution is -0.125. The fraction of sp³-hybridized carbons (Fsp3) is 0.286. The van der Waals surface area contributed by atoms with Crippen LogP contribution < -0.4 is 4.90 Å². The van der Waals surface area contributed by atoms with E-state index in [0.29, 0.717) is 11.6 Å². The van der Waals surface area contributed by atoms with Crippen LogP contribution in [-0.4, -0.2) is 44.2 Å². The molecule has 0 saturated carbocycles. The number of anilines is 1. The summed E-state index contributed by atoms with van der Waals surface area (Å²) in [5.41, 5.74) is 3.22. The Morgan fingerprint density at radius 3 is 2.62 bits per heavy atom. The molecule has 0 N–H and O–H groups in total. The third-order valence-corrected chi connectivity index (χ3v) is 4.61. The zero-order chi connectivity index (χ0) is 18.4. The number of morpholine rings is 1. The van der Waals surface area contributed by atoms with Crippen molar-refractivity contribution in [3.8, 4) is 0 Å². The van der Waals surface area contributed by atoms with Crippen molar-refractivity contribution in [1.82, 2.24) is 4.90 Å². The van der Waals surface area contributed by atoms with Gasteiger partial charge in [0.05, 0.1) is 13.2 Å². The average Bonchev–Trinajstić information content (AvgIpc) is 2.67. The van der Waals surface area contributed by atoms with Crippen LogP contribution in [-0.2, 0) is 16.1 Å². The zero-order valence-corrected chi connectivity index (χ0v) is 15.7. The first kappa shape index (κ1) is 18.5. The van der Waals surface area contributed by atoms with Crippen molar-refractivity contribution in [3.05, 3.63) is 70.8 Å². The van der Waals surface area contributed by atoms with Crippen molar-refractivity contribution in [2.75, 3.05) is 38.3 Å². The molecule has 0 spiro atoms.